The Morgan fingerprint density at radius 2 is 2.35 bits per heavy atom. The molecule has 0 amide bonds. The first-order valence-electron chi connectivity index (χ1n) is 7.23. The number of ether oxygens (including phenoxy) is 1. The highest BCUT2D eigenvalue weighted by molar-refractivity contribution is 5.60. The van der Waals surface area contributed by atoms with Crippen LogP contribution in [0.4, 0.5) is 10.1 Å². The first kappa shape index (κ1) is 13.4. The molecular formula is C16H19FN2O. The molecule has 2 heterocycles. The summed E-state index contributed by atoms with van der Waals surface area (Å²) in [7, 11) is 0. The van der Waals surface area contributed by atoms with Crippen molar-refractivity contribution in [2.75, 3.05) is 11.6 Å². The number of fused-ring (bicyclic) bond motifs is 1. The van der Waals surface area contributed by atoms with Crippen LogP contribution in [0.3, 0.4) is 0 Å². The van der Waals surface area contributed by atoms with Gasteiger partial charge in [0.05, 0.1) is 5.69 Å². The second-order valence-electron chi connectivity index (χ2n) is 5.11. The van der Waals surface area contributed by atoms with Gasteiger partial charge in [0.1, 0.15) is 6.23 Å². The average Bonchev–Trinajstić information content (AvgIpc) is 2.83. The van der Waals surface area contributed by atoms with E-state index in [4.69, 9.17) is 4.74 Å². The van der Waals surface area contributed by atoms with Crippen LogP contribution in [-0.2, 0) is 4.74 Å². The normalized spacial score (nSPS) is 25.0. The molecule has 3 rings (SSSR count). The van der Waals surface area contributed by atoms with Crippen molar-refractivity contribution >= 4 is 5.69 Å². The lowest BCUT2D eigenvalue weighted by Gasteiger charge is -2.32. The zero-order valence-electron chi connectivity index (χ0n) is 11.7. The quantitative estimate of drug-likeness (QED) is 0.628. The van der Waals surface area contributed by atoms with Crippen LogP contribution in [0.25, 0.3) is 0 Å². The van der Waals surface area contributed by atoms with E-state index in [2.05, 4.69) is 17.3 Å². The van der Waals surface area contributed by atoms with Crippen molar-refractivity contribution in [2.24, 2.45) is 0 Å². The van der Waals surface area contributed by atoms with E-state index in [1.54, 1.807) is 0 Å². The molecule has 1 aromatic carbocycles. The van der Waals surface area contributed by atoms with Crippen LogP contribution >= 0.6 is 0 Å². The molecule has 0 aromatic heterocycles. The summed E-state index contributed by atoms with van der Waals surface area (Å²) in [6.45, 7) is 2.75. The number of benzene rings is 1. The molecule has 1 fully saturated rings. The van der Waals surface area contributed by atoms with Gasteiger partial charge < -0.3 is 4.74 Å². The predicted octanol–water partition coefficient (Wildman–Crippen LogP) is 3.27. The van der Waals surface area contributed by atoms with Gasteiger partial charge in [0.25, 0.3) is 0 Å². The Morgan fingerprint density at radius 3 is 3.10 bits per heavy atom. The highest BCUT2D eigenvalue weighted by Crippen LogP contribution is 2.37. The maximum Gasteiger partial charge on any atom is 0.195 e. The number of hydrogen-bond acceptors (Lipinski definition) is 3. The highest BCUT2D eigenvalue weighted by atomic mass is 19.1. The molecule has 4 heteroatoms. The third kappa shape index (κ3) is 2.52. The molecule has 1 N–H and O–H groups in total. The lowest BCUT2D eigenvalue weighted by atomic mass is 10.1. The molecule has 0 aliphatic carbocycles. The van der Waals surface area contributed by atoms with Crippen molar-refractivity contribution < 1.29 is 9.13 Å². The lowest BCUT2D eigenvalue weighted by molar-refractivity contribution is 0.00520. The second kappa shape index (κ2) is 5.82. The molecule has 1 aromatic rings. The molecule has 2 aliphatic rings. The number of hydrogen-bond donors (Lipinski definition) is 1. The van der Waals surface area contributed by atoms with Crippen molar-refractivity contribution in [3.8, 4) is 11.8 Å². The van der Waals surface area contributed by atoms with Crippen molar-refractivity contribution in [3.05, 3.63) is 29.3 Å². The predicted molar refractivity (Wildman–Crippen MR) is 76.7 cm³/mol. The number of nitrogens with one attached hydrogen (secondary N) is 1. The molecule has 106 valence electrons. The Balaban J connectivity index is 1.87. The van der Waals surface area contributed by atoms with Gasteiger partial charge >= 0.3 is 0 Å². The van der Waals surface area contributed by atoms with Gasteiger partial charge in [-0.1, -0.05) is 18.8 Å². The number of nitrogens with zero attached hydrogens (tertiary/aromatic N) is 1. The molecule has 1 saturated heterocycles. The van der Waals surface area contributed by atoms with Gasteiger partial charge in [-0.25, -0.2) is 4.39 Å². The molecule has 0 bridgehead atoms. The Labute approximate surface area is 119 Å². The first-order valence-corrected chi connectivity index (χ1v) is 7.23. The van der Waals surface area contributed by atoms with Gasteiger partial charge in [-0.3, -0.25) is 5.01 Å². The molecule has 2 unspecified atom stereocenters. The molecule has 0 radical (unpaired) electrons. The third-order valence-corrected chi connectivity index (χ3v) is 3.67. The van der Waals surface area contributed by atoms with Gasteiger partial charge in [0, 0.05) is 24.2 Å². The largest absolute Gasteiger partial charge is 0.357 e. The fraction of sp³-hybridized carbons (Fsp3) is 0.500. The minimum Gasteiger partial charge on any atom is -0.357 e. The molecular weight excluding hydrogens is 255 g/mol. The highest BCUT2D eigenvalue weighted by Gasteiger charge is 2.33. The van der Waals surface area contributed by atoms with Crippen molar-refractivity contribution in [1.82, 2.24) is 5.43 Å². The number of hydrazine groups is 1. The van der Waals surface area contributed by atoms with Gasteiger partial charge in [-0.2, -0.15) is 5.43 Å². The summed E-state index contributed by atoms with van der Waals surface area (Å²) < 4.78 is 19.9. The fourth-order valence-electron chi connectivity index (χ4n) is 2.67. The second-order valence-corrected chi connectivity index (χ2v) is 5.11. The molecule has 2 atom stereocenters. The molecule has 2 aliphatic heterocycles. The monoisotopic (exact) mass is 274 g/mol. The van der Waals surface area contributed by atoms with E-state index >= 15 is 0 Å². The number of anilines is 1. The summed E-state index contributed by atoms with van der Waals surface area (Å²) in [5.74, 6) is 6.06. The Kier molecular flexibility index (Phi) is 3.90. The van der Waals surface area contributed by atoms with Crippen LogP contribution in [0, 0.1) is 11.8 Å². The lowest BCUT2D eigenvalue weighted by Crippen LogP contribution is -2.45. The Morgan fingerprint density at radius 1 is 1.45 bits per heavy atom. The smallest absolute Gasteiger partial charge is 0.195 e. The van der Waals surface area contributed by atoms with Crippen LogP contribution in [0.1, 0.15) is 50.0 Å². The summed E-state index contributed by atoms with van der Waals surface area (Å²) in [4.78, 5) is 0. The Hall–Kier alpha value is -1.57. The van der Waals surface area contributed by atoms with Crippen molar-refractivity contribution in [3.63, 3.8) is 0 Å². The fourth-order valence-corrected chi connectivity index (χ4v) is 2.67. The van der Waals surface area contributed by atoms with E-state index in [0.29, 0.717) is 5.56 Å². The summed E-state index contributed by atoms with van der Waals surface area (Å²) >= 11 is 0. The maximum absolute atomic E-state index is 14.2. The molecule has 20 heavy (non-hydrogen) atoms. The zero-order chi connectivity index (χ0) is 13.9. The van der Waals surface area contributed by atoms with E-state index < -0.39 is 6.30 Å². The average molecular weight is 274 g/mol. The zero-order valence-corrected chi connectivity index (χ0v) is 11.7. The number of alkyl halides is 1. The van der Waals surface area contributed by atoms with E-state index in [9.17, 15) is 4.39 Å². The van der Waals surface area contributed by atoms with Crippen LogP contribution < -0.4 is 10.4 Å². The van der Waals surface area contributed by atoms with Gasteiger partial charge in [-0.15, -0.1) is 0 Å². The Bertz CT molecular complexity index is 543. The van der Waals surface area contributed by atoms with Gasteiger partial charge in [0.2, 0.25) is 0 Å². The summed E-state index contributed by atoms with van der Waals surface area (Å²) in [6, 6.07) is 5.70. The summed E-state index contributed by atoms with van der Waals surface area (Å²) in [6.07, 6.45) is 2.68. The topological polar surface area (TPSA) is 24.5 Å². The van der Waals surface area contributed by atoms with Crippen LogP contribution in [-0.4, -0.2) is 12.8 Å². The summed E-state index contributed by atoms with van der Waals surface area (Å²) in [5.41, 5.74) is 5.25. The molecule has 3 nitrogen and oxygen atoms in total. The van der Waals surface area contributed by atoms with Crippen LogP contribution in [0.5, 0.6) is 0 Å². The molecule has 0 saturated carbocycles. The van der Waals surface area contributed by atoms with E-state index in [0.717, 1.165) is 43.5 Å². The standard InChI is InChI=1S/C16H19FN2O/c1-2-3-6-12-8-9-14-13(11-12)16(17)18-19(14)15-7-4-5-10-20-15/h8-9,11,15-16,18H,2,4-5,7,10H2,1H3. The summed E-state index contributed by atoms with van der Waals surface area (Å²) in [5, 5.41) is 1.83. The maximum atomic E-state index is 14.2. The number of halogens is 1. The van der Waals surface area contributed by atoms with E-state index in [1.807, 2.05) is 30.1 Å². The van der Waals surface area contributed by atoms with Gasteiger partial charge in [-0.05, 0) is 37.5 Å². The van der Waals surface area contributed by atoms with Crippen molar-refractivity contribution in [2.45, 2.75) is 45.1 Å². The van der Waals surface area contributed by atoms with Crippen LogP contribution in [0.2, 0.25) is 0 Å². The minimum absolute atomic E-state index is 0.0733. The van der Waals surface area contributed by atoms with Gasteiger partial charge in [0.15, 0.2) is 6.30 Å². The third-order valence-electron chi connectivity index (χ3n) is 3.67. The van der Waals surface area contributed by atoms with E-state index in [1.165, 1.54) is 0 Å². The number of rotatable bonds is 1. The van der Waals surface area contributed by atoms with Crippen molar-refractivity contribution in [1.29, 1.82) is 0 Å². The SMILES string of the molecule is CCC#Cc1ccc2c(c1)C(F)NN2C1CCCCO1. The van der Waals surface area contributed by atoms with E-state index in [-0.39, 0.29) is 6.23 Å². The first-order chi connectivity index (χ1) is 9.79. The van der Waals surface area contributed by atoms with Crippen LogP contribution in [0.15, 0.2) is 18.2 Å². The minimum atomic E-state index is -1.18. The molecule has 0 spiro atoms.